The van der Waals surface area contributed by atoms with E-state index < -0.39 is 11.4 Å². The van der Waals surface area contributed by atoms with Crippen molar-refractivity contribution >= 4 is 16.7 Å². The van der Waals surface area contributed by atoms with Gasteiger partial charge >= 0.3 is 5.97 Å². The molecule has 1 saturated carbocycles. The molecule has 17 heavy (non-hydrogen) atoms. The van der Waals surface area contributed by atoms with Crippen molar-refractivity contribution < 1.29 is 9.90 Å². The predicted molar refractivity (Wildman–Crippen MR) is 65.0 cm³/mol. The number of carboxylic acids is 1. The molecule has 3 heteroatoms. The first kappa shape index (κ1) is 10.3. The minimum absolute atomic E-state index is 0.627. The van der Waals surface area contributed by atoms with Crippen LogP contribution in [0.3, 0.4) is 0 Å². The van der Waals surface area contributed by atoms with Crippen molar-refractivity contribution in [1.29, 1.82) is 0 Å². The molecule has 1 heterocycles. The second kappa shape index (κ2) is 3.29. The fourth-order valence-corrected chi connectivity index (χ4v) is 2.38. The van der Waals surface area contributed by atoms with E-state index in [2.05, 4.69) is 4.98 Å². The van der Waals surface area contributed by atoms with Gasteiger partial charge in [0, 0.05) is 17.8 Å². The van der Waals surface area contributed by atoms with Gasteiger partial charge in [0.05, 0.1) is 5.41 Å². The molecule has 1 aromatic carbocycles. The van der Waals surface area contributed by atoms with E-state index in [9.17, 15) is 9.90 Å². The Bertz CT molecular complexity index is 615. The molecule has 1 aliphatic rings. The lowest BCUT2D eigenvalue weighted by Crippen LogP contribution is -2.19. The molecule has 1 N–H and O–H groups in total. The van der Waals surface area contributed by atoms with Crippen LogP contribution in [0.4, 0.5) is 0 Å². The normalized spacial score (nSPS) is 17.0. The zero-order valence-electron chi connectivity index (χ0n) is 9.60. The van der Waals surface area contributed by atoms with E-state index in [4.69, 9.17) is 0 Å². The summed E-state index contributed by atoms with van der Waals surface area (Å²) in [6.45, 7) is 2.01. The second-order valence-corrected chi connectivity index (χ2v) is 4.78. The molecule has 1 aromatic heterocycles. The van der Waals surface area contributed by atoms with Gasteiger partial charge in [0.15, 0.2) is 0 Å². The number of hydrogen-bond donors (Lipinski definition) is 1. The minimum atomic E-state index is -0.711. The molecule has 0 spiro atoms. The highest BCUT2D eigenvalue weighted by Gasteiger charge is 2.51. The zero-order chi connectivity index (χ0) is 12.0. The molecule has 0 aliphatic heterocycles. The number of aryl methyl sites for hydroxylation is 1. The second-order valence-electron chi connectivity index (χ2n) is 4.78. The molecule has 1 fully saturated rings. The number of carbonyl (C=O) groups is 1. The number of aliphatic carboxylic acids is 1. The van der Waals surface area contributed by atoms with E-state index in [0.717, 1.165) is 34.7 Å². The molecular formula is C14H13NO2. The van der Waals surface area contributed by atoms with E-state index in [-0.39, 0.29) is 0 Å². The standard InChI is InChI=1S/C14H13NO2/c1-9-7-15-8-10-6-11(2-3-12(9)10)14(4-5-14)13(16)17/h2-3,6-8H,4-5H2,1H3,(H,16,17). The zero-order valence-corrected chi connectivity index (χ0v) is 9.60. The van der Waals surface area contributed by atoms with E-state index in [1.54, 1.807) is 6.20 Å². The average molecular weight is 227 g/mol. The summed E-state index contributed by atoms with van der Waals surface area (Å²) in [5.74, 6) is -0.711. The van der Waals surface area contributed by atoms with Crippen LogP contribution in [0.15, 0.2) is 30.6 Å². The van der Waals surface area contributed by atoms with E-state index in [0.29, 0.717) is 0 Å². The van der Waals surface area contributed by atoms with Crippen molar-refractivity contribution in [2.75, 3.05) is 0 Å². The van der Waals surface area contributed by atoms with Crippen molar-refractivity contribution in [3.8, 4) is 0 Å². The van der Waals surface area contributed by atoms with Gasteiger partial charge in [-0.05, 0) is 42.3 Å². The number of rotatable bonds is 2. The summed E-state index contributed by atoms with van der Waals surface area (Å²) in [5.41, 5.74) is 1.40. The van der Waals surface area contributed by atoms with Gasteiger partial charge in [0.25, 0.3) is 0 Å². The highest BCUT2D eigenvalue weighted by molar-refractivity contribution is 5.90. The number of nitrogens with zero attached hydrogens (tertiary/aromatic N) is 1. The molecule has 3 rings (SSSR count). The Morgan fingerprint density at radius 1 is 1.35 bits per heavy atom. The predicted octanol–water partition coefficient (Wildman–Crippen LogP) is 2.66. The van der Waals surface area contributed by atoms with Crippen molar-refractivity contribution in [1.82, 2.24) is 4.98 Å². The number of benzene rings is 1. The first-order chi connectivity index (χ1) is 8.13. The molecule has 0 saturated heterocycles. The molecule has 0 atom stereocenters. The van der Waals surface area contributed by atoms with Crippen molar-refractivity contribution in [3.05, 3.63) is 41.7 Å². The van der Waals surface area contributed by atoms with E-state index in [1.807, 2.05) is 31.3 Å². The first-order valence-electron chi connectivity index (χ1n) is 5.72. The van der Waals surface area contributed by atoms with Crippen molar-refractivity contribution in [3.63, 3.8) is 0 Å². The lowest BCUT2D eigenvalue weighted by atomic mass is 9.93. The largest absolute Gasteiger partial charge is 0.481 e. The molecule has 0 unspecified atom stereocenters. The van der Waals surface area contributed by atoms with Crippen LogP contribution >= 0.6 is 0 Å². The molecule has 0 amide bonds. The van der Waals surface area contributed by atoms with Gasteiger partial charge in [-0.3, -0.25) is 9.78 Å². The summed E-state index contributed by atoms with van der Waals surface area (Å²) in [7, 11) is 0. The van der Waals surface area contributed by atoms with Crippen LogP contribution in [0, 0.1) is 6.92 Å². The Balaban J connectivity index is 2.18. The number of aromatic nitrogens is 1. The van der Waals surface area contributed by atoms with Gasteiger partial charge in [-0.1, -0.05) is 12.1 Å². The molecular weight excluding hydrogens is 214 g/mol. The molecule has 1 aliphatic carbocycles. The number of fused-ring (bicyclic) bond motifs is 1. The lowest BCUT2D eigenvalue weighted by molar-refractivity contribution is -0.140. The third-order valence-electron chi connectivity index (χ3n) is 3.67. The molecule has 0 bridgehead atoms. The Hall–Kier alpha value is -1.90. The summed E-state index contributed by atoms with van der Waals surface area (Å²) < 4.78 is 0. The molecule has 2 aromatic rings. The maximum absolute atomic E-state index is 11.3. The highest BCUT2D eigenvalue weighted by atomic mass is 16.4. The van der Waals surface area contributed by atoms with Crippen LogP contribution in [0.1, 0.15) is 24.0 Å². The Morgan fingerprint density at radius 3 is 2.76 bits per heavy atom. The van der Waals surface area contributed by atoms with Gasteiger partial charge < -0.3 is 5.11 Å². The maximum atomic E-state index is 11.3. The Morgan fingerprint density at radius 2 is 2.12 bits per heavy atom. The molecule has 3 nitrogen and oxygen atoms in total. The van der Waals surface area contributed by atoms with Gasteiger partial charge in [-0.25, -0.2) is 0 Å². The minimum Gasteiger partial charge on any atom is -0.481 e. The fraction of sp³-hybridized carbons (Fsp3) is 0.286. The fourth-order valence-electron chi connectivity index (χ4n) is 2.38. The quantitative estimate of drug-likeness (QED) is 0.858. The van der Waals surface area contributed by atoms with Gasteiger partial charge in [-0.2, -0.15) is 0 Å². The third kappa shape index (κ3) is 1.42. The number of pyridine rings is 1. The SMILES string of the molecule is Cc1cncc2cc(C3(C(=O)O)CC3)ccc12. The summed E-state index contributed by atoms with van der Waals surface area (Å²) in [6.07, 6.45) is 5.11. The lowest BCUT2D eigenvalue weighted by Gasteiger charge is -2.11. The molecule has 86 valence electrons. The van der Waals surface area contributed by atoms with Crippen molar-refractivity contribution in [2.45, 2.75) is 25.2 Å². The van der Waals surface area contributed by atoms with Crippen LogP contribution in [-0.4, -0.2) is 16.1 Å². The third-order valence-corrected chi connectivity index (χ3v) is 3.67. The first-order valence-corrected chi connectivity index (χ1v) is 5.72. The van der Waals surface area contributed by atoms with E-state index in [1.165, 1.54) is 0 Å². The van der Waals surface area contributed by atoms with Crippen LogP contribution in [-0.2, 0) is 10.2 Å². The van der Waals surface area contributed by atoms with Gasteiger partial charge in [0.2, 0.25) is 0 Å². The van der Waals surface area contributed by atoms with Crippen LogP contribution in [0.2, 0.25) is 0 Å². The van der Waals surface area contributed by atoms with Crippen LogP contribution in [0.5, 0.6) is 0 Å². The highest BCUT2D eigenvalue weighted by Crippen LogP contribution is 2.48. The Labute approximate surface area is 99.1 Å². The molecule has 0 radical (unpaired) electrons. The average Bonchev–Trinajstić information content (AvgIpc) is 3.10. The maximum Gasteiger partial charge on any atom is 0.314 e. The summed E-state index contributed by atoms with van der Waals surface area (Å²) in [6, 6.07) is 5.91. The summed E-state index contributed by atoms with van der Waals surface area (Å²) >= 11 is 0. The topological polar surface area (TPSA) is 50.2 Å². The van der Waals surface area contributed by atoms with Crippen LogP contribution < -0.4 is 0 Å². The summed E-state index contributed by atoms with van der Waals surface area (Å²) in [5, 5.41) is 11.4. The van der Waals surface area contributed by atoms with Crippen LogP contribution in [0.25, 0.3) is 10.8 Å². The van der Waals surface area contributed by atoms with E-state index >= 15 is 0 Å². The van der Waals surface area contributed by atoms with Gasteiger partial charge in [-0.15, -0.1) is 0 Å². The smallest absolute Gasteiger partial charge is 0.314 e. The Kier molecular flexibility index (Phi) is 1.99. The number of hydrogen-bond acceptors (Lipinski definition) is 2. The summed E-state index contributed by atoms with van der Waals surface area (Å²) in [4.78, 5) is 15.4. The monoisotopic (exact) mass is 227 g/mol. The van der Waals surface area contributed by atoms with Crippen molar-refractivity contribution in [2.24, 2.45) is 0 Å². The van der Waals surface area contributed by atoms with Gasteiger partial charge in [0.1, 0.15) is 0 Å². The number of carboxylic acid groups (broad SMARTS) is 1.